The number of benzene rings is 1. The molecule has 4 rings (SSSR count). The lowest BCUT2D eigenvalue weighted by Crippen LogP contribution is -2.52. The van der Waals surface area contributed by atoms with Crippen molar-refractivity contribution >= 4 is 11.7 Å². The van der Waals surface area contributed by atoms with Gasteiger partial charge in [0.2, 0.25) is 5.92 Å². The predicted octanol–water partition coefficient (Wildman–Crippen LogP) is 3.91. The average molecular weight is 364 g/mol. The van der Waals surface area contributed by atoms with Crippen molar-refractivity contribution in [2.75, 3.05) is 31.6 Å². The summed E-state index contributed by atoms with van der Waals surface area (Å²) in [6.45, 7) is 2.69. The fourth-order valence-corrected chi connectivity index (χ4v) is 5.02. The van der Waals surface area contributed by atoms with Crippen molar-refractivity contribution in [3.8, 4) is 0 Å². The van der Waals surface area contributed by atoms with Gasteiger partial charge in [0, 0.05) is 37.7 Å². The van der Waals surface area contributed by atoms with Crippen molar-refractivity contribution < 1.29 is 18.3 Å². The third-order valence-corrected chi connectivity index (χ3v) is 6.22. The van der Waals surface area contributed by atoms with E-state index in [4.69, 9.17) is 4.74 Å². The molecule has 1 spiro atoms. The quantitative estimate of drug-likeness (QED) is 0.826. The molecular weight excluding hydrogens is 338 g/mol. The third kappa shape index (κ3) is 3.20. The number of rotatable bonds is 3. The highest BCUT2D eigenvalue weighted by Crippen LogP contribution is 2.59. The van der Waals surface area contributed by atoms with Gasteiger partial charge in [0.05, 0.1) is 12.7 Å². The molecule has 2 aliphatic heterocycles. The van der Waals surface area contributed by atoms with E-state index in [1.165, 1.54) is 7.11 Å². The highest BCUT2D eigenvalue weighted by molar-refractivity contribution is 5.91. The van der Waals surface area contributed by atoms with Gasteiger partial charge in [-0.1, -0.05) is 6.07 Å². The van der Waals surface area contributed by atoms with Crippen LogP contribution in [0.1, 0.15) is 60.5 Å². The summed E-state index contributed by atoms with van der Waals surface area (Å²) in [7, 11) is 1.38. The third-order valence-electron chi connectivity index (χ3n) is 6.22. The van der Waals surface area contributed by atoms with E-state index in [0.29, 0.717) is 5.56 Å². The standard InChI is InChI=1S/C20H26F2N2O2/c1-26-18(25)14-4-5-15(17(10-14)24-8-2-3-9-24)16-11-19(6-7-23-16)12-20(21,22)13-19/h4-5,10,16,23H,2-3,6-9,11-13H2,1H3. The van der Waals surface area contributed by atoms with Crippen LogP contribution < -0.4 is 10.2 Å². The maximum absolute atomic E-state index is 13.5. The normalized spacial score (nSPS) is 26.6. The maximum atomic E-state index is 13.5. The summed E-state index contributed by atoms with van der Waals surface area (Å²) in [6, 6.07) is 5.74. The summed E-state index contributed by atoms with van der Waals surface area (Å²) in [5.41, 5.74) is 2.47. The lowest BCUT2D eigenvalue weighted by atomic mass is 9.59. The summed E-state index contributed by atoms with van der Waals surface area (Å²) in [5, 5.41) is 3.52. The first kappa shape index (κ1) is 17.7. The first-order chi connectivity index (χ1) is 12.4. The molecule has 3 fully saturated rings. The molecule has 1 saturated carbocycles. The SMILES string of the molecule is COC(=O)c1ccc(C2CC3(CCN2)CC(F)(F)C3)c(N2CCCC2)c1. The second-order valence-electron chi connectivity index (χ2n) is 8.13. The monoisotopic (exact) mass is 364 g/mol. The van der Waals surface area contributed by atoms with Crippen LogP contribution in [0.4, 0.5) is 14.5 Å². The van der Waals surface area contributed by atoms with E-state index in [1.807, 2.05) is 12.1 Å². The maximum Gasteiger partial charge on any atom is 0.337 e. The van der Waals surface area contributed by atoms with Crippen LogP contribution in [0.3, 0.4) is 0 Å². The molecule has 3 aliphatic rings. The number of carbonyl (C=O) groups is 1. The van der Waals surface area contributed by atoms with Gasteiger partial charge in [-0.05, 0) is 55.3 Å². The zero-order valence-electron chi connectivity index (χ0n) is 15.2. The zero-order valence-corrected chi connectivity index (χ0v) is 15.2. The Morgan fingerprint density at radius 3 is 2.65 bits per heavy atom. The number of halogens is 2. The molecule has 26 heavy (non-hydrogen) atoms. The van der Waals surface area contributed by atoms with Gasteiger partial charge in [-0.3, -0.25) is 0 Å². The Balaban J connectivity index is 1.63. The molecule has 2 heterocycles. The largest absolute Gasteiger partial charge is 0.465 e. The molecule has 1 unspecified atom stereocenters. The van der Waals surface area contributed by atoms with Crippen LogP contribution >= 0.6 is 0 Å². The van der Waals surface area contributed by atoms with E-state index >= 15 is 0 Å². The van der Waals surface area contributed by atoms with Crippen molar-refractivity contribution in [1.29, 1.82) is 0 Å². The Kier molecular flexibility index (Phi) is 4.41. The van der Waals surface area contributed by atoms with Gasteiger partial charge in [0.15, 0.2) is 0 Å². The Hall–Kier alpha value is -1.69. The number of methoxy groups -OCH3 is 1. The molecule has 1 N–H and O–H groups in total. The summed E-state index contributed by atoms with van der Waals surface area (Å²) < 4.78 is 31.9. The zero-order chi connectivity index (χ0) is 18.4. The van der Waals surface area contributed by atoms with Crippen molar-refractivity contribution in [3.63, 3.8) is 0 Å². The molecule has 1 atom stereocenters. The number of nitrogens with one attached hydrogen (secondary N) is 1. The Labute approximate surface area is 152 Å². The van der Waals surface area contributed by atoms with Gasteiger partial charge < -0.3 is 15.0 Å². The number of hydrogen-bond donors (Lipinski definition) is 1. The van der Waals surface area contributed by atoms with Crippen molar-refractivity contribution in [1.82, 2.24) is 5.32 Å². The molecule has 142 valence electrons. The van der Waals surface area contributed by atoms with Gasteiger partial charge in [-0.25, -0.2) is 13.6 Å². The van der Waals surface area contributed by atoms with Gasteiger partial charge >= 0.3 is 5.97 Å². The predicted molar refractivity (Wildman–Crippen MR) is 95.8 cm³/mol. The highest BCUT2D eigenvalue weighted by Gasteiger charge is 2.57. The van der Waals surface area contributed by atoms with Crippen LogP contribution in [-0.4, -0.2) is 38.6 Å². The number of ether oxygens (including phenoxy) is 1. The molecular formula is C20H26F2N2O2. The van der Waals surface area contributed by atoms with Crippen LogP contribution in [0.5, 0.6) is 0 Å². The van der Waals surface area contributed by atoms with Crippen LogP contribution in [0, 0.1) is 5.41 Å². The molecule has 0 aromatic heterocycles. The van der Waals surface area contributed by atoms with Crippen molar-refractivity contribution in [2.45, 2.75) is 50.5 Å². The molecule has 0 bridgehead atoms. The Morgan fingerprint density at radius 1 is 1.27 bits per heavy atom. The van der Waals surface area contributed by atoms with E-state index < -0.39 is 5.92 Å². The fraction of sp³-hybridized carbons (Fsp3) is 0.650. The first-order valence-corrected chi connectivity index (χ1v) is 9.50. The van der Waals surface area contributed by atoms with Crippen LogP contribution in [0.15, 0.2) is 18.2 Å². The van der Waals surface area contributed by atoms with Crippen molar-refractivity contribution in [2.24, 2.45) is 5.41 Å². The lowest BCUT2D eigenvalue weighted by molar-refractivity contribution is -0.174. The molecule has 1 aromatic rings. The van der Waals surface area contributed by atoms with E-state index in [9.17, 15) is 13.6 Å². The van der Waals surface area contributed by atoms with Crippen LogP contribution in [0.25, 0.3) is 0 Å². The number of esters is 1. The number of anilines is 1. The molecule has 0 amide bonds. The van der Waals surface area contributed by atoms with Crippen molar-refractivity contribution in [3.05, 3.63) is 29.3 Å². The fourth-order valence-electron chi connectivity index (χ4n) is 5.02. The summed E-state index contributed by atoms with van der Waals surface area (Å²) >= 11 is 0. The molecule has 1 aliphatic carbocycles. The Morgan fingerprint density at radius 2 is 2.00 bits per heavy atom. The molecule has 0 radical (unpaired) electrons. The van der Waals surface area contributed by atoms with Crippen LogP contribution in [0.2, 0.25) is 0 Å². The summed E-state index contributed by atoms with van der Waals surface area (Å²) in [4.78, 5) is 14.3. The van der Waals surface area contributed by atoms with Gasteiger partial charge in [-0.15, -0.1) is 0 Å². The summed E-state index contributed by atoms with van der Waals surface area (Å²) in [5.74, 6) is -2.84. The lowest BCUT2D eigenvalue weighted by Gasteiger charge is -2.52. The van der Waals surface area contributed by atoms with Gasteiger partial charge in [0.1, 0.15) is 0 Å². The van der Waals surface area contributed by atoms with Gasteiger partial charge in [-0.2, -0.15) is 0 Å². The molecule has 4 nitrogen and oxygen atoms in total. The summed E-state index contributed by atoms with van der Waals surface area (Å²) in [6.07, 6.45) is 3.85. The minimum absolute atomic E-state index is 0.0114. The van der Waals surface area contributed by atoms with E-state index in [1.54, 1.807) is 6.07 Å². The Bertz CT molecular complexity index is 693. The number of hydrogen-bond acceptors (Lipinski definition) is 4. The number of alkyl halides is 2. The number of carbonyl (C=O) groups excluding carboxylic acids is 1. The van der Waals surface area contributed by atoms with Gasteiger partial charge in [0.25, 0.3) is 0 Å². The highest BCUT2D eigenvalue weighted by atomic mass is 19.3. The number of nitrogens with zero attached hydrogens (tertiary/aromatic N) is 1. The number of piperidine rings is 1. The van der Waals surface area contributed by atoms with E-state index in [0.717, 1.165) is 56.6 Å². The minimum Gasteiger partial charge on any atom is -0.465 e. The minimum atomic E-state index is -2.49. The van der Waals surface area contributed by atoms with E-state index in [2.05, 4.69) is 10.2 Å². The second kappa shape index (κ2) is 6.48. The molecule has 1 aromatic carbocycles. The topological polar surface area (TPSA) is 41.6 Å². The molecule has 2 saturated heterocycles. The second-order valence-corrected chi connectivity index (χ2v) is 8.13. The smallest absolute Gasteiger partial charge is 0.337 e. The van der Waals surface area contributed by atoms with E-state index in [-0.39, 0.29) is 30.3 Å². The average Bonchev–Trinajstić information content (AvgIpc) is 3.13. The van der Waals surface area contributed by atoms with Crippen LogP contribution in [-0.2, 0) is 4.74 Å². The first-order valence-electron chi connectivity index (χ1n) is 9.50. The molecule has 6 heteroatoms.